The number of anilines is 1. The number of carbonyl (C=O) groups is 2. The molecule has 10 heteroatoms. The monoisotopic (exact) mass is 583 g/mol. The molecular weight excluding hydrogens is 545 g/mol. The number of hydrogen-bond donors (Lipinski definition) is 1. The van der Waals surface area contributed by atoms with Gasteiger partial charge in [0.25, 0.3) is 10.0 Å². The van der Waals surface area contributed by atoms with Crippen LogP contribution in [0.25, 0.3) is 0 Å². The molecule has 0 saturated heterocycles. The average molecular weight is 584 g/mol. The SMILES string of the molecule is CCCCNC(=O)[C@H](CC)N(Cc1ccc(F)cc1)C(=O)CN(c1cccc(OC)c1)S(=O)(=O)c1ccc(C)cc1. The van der Waals surface area contributed by atoms with Crippen LogP contribution in [-0.2, 0) is 26.2 Å². The number of rotatable bonds is 14. The number of nitrogens with one attached hydrogen (secondary N) is 1. The average Bonchev–Trinajstić information content (AvgIpc) is 2.97. The molecule has 0 radical (unpaired) electrons. The van der Waals surface area contributed by atoms with Crippen LogP contribution < -0.4 is 14.4 Å². The number of nitrogens with zero attached hydrogens (tertiary/aromatic N) is 2. The van der Waals surface area contributed by atoms with Crippen molar-refractivity contribution in [3.63, 3.8) is 0 Å². The fraction of sp³-hybridized carbons (Fsp3) is 0.355. The molecule has 0 aliphatic rings. The summed E-state index contributed by atoms with van der Waals surface area (Å²) in [5.41, 5.74) is 1.73. The summed E-state index contributed by atoms with van der Waals surface area (Å²) in [6, 6.07) is 17.6. The zero-order valence-corrected chi connectivity index (χ0v) is 24.8. The zero-order valence-electron chi connectivity index (χ0n) is 24.0. The Kier molecular flexibility index (Phi) is 11.3. The highest BCUT2D eigenvalue weighted by Crippen LogP contribution is 2.28. The zero-order chi connectivity index (χ0) is 30.0. The highest BCUT2D eigenvalue weighted by atomic mass is 32.2. The summed E-state index contributed by atoms with van der Waals surface area (Å²) < 4.78 is 47.8. The van der Waals surface area contributed by atoms with E-state index >= 15 is 0 Å². The van der Waals surface area contributed by atoms with Crippen molar-refractivity contribution in [3.8, 4) is 5.75 Å². The van der Waals surface area contributed by atoms with Crippen molar-refractivity contribution in [3.05, 3.63) is 89.7 Å². The van der Waals surface area contributed by atoms with Crippen LogP contribution in [0.1, 0.15) is 44.2 Å². The summed E-state index contributed by atoms with van der Waals surface area (Å²) in [4.78, 5) is 28.7. The minimum Gasteiger partial charge on any atom is -0.497 e. The maximum absolute atomic E-state index is 14.1. The lowest BCUT2D eigenvalue weighted by atomic mass is 10.1. The molecule has 220 valence electrons. The van der Waals surface area contributed by atoms with Crippen molar-refractivity contribution in [2.75, 3.05) is 24.5 Å². The van der Waals surface area contributed by atoms with Gasteiger partial charge in [0.1, 0.15) is 24.2 Å². The van der Waals surface area contributed by atoms with E-state index < -0.39 is 34.3 Å². The van der Waals surface area contributed by atoms with Gasteiger partial charge in [-0.05, 0) is 61.7 Å². The van der Waals surface area contributed by atoms with Gasteiger partial charge in [-0.25, -0.2) is 12.8 Å². The molecule has 0 aliphatic carbocycles. The Morgan fingerprint density at radius 2 is 1.68 bits per heavy atom. The van der Waals surface area contributed by atoms with Crippen molar-refractivity contribution >= 4 is 27.5 Å². The van der Waals surface area contributed by atoms with Crippen LogP contribution in [0.5, 0.6) is 5.75 Å². The molecule has 0 aliphatic heterocycles. The van der Waals surface area contributed by atoms with Crippen molar-refractivity contribution in [1.29, 1.82) is 0 Å². The Bertz CT molecular complexity index is 1410. The van der Waals surface area contributed by atoms with Gasteiger partial charge >= 0.3 is 0 Å². The van der Waals surface area contributed by atoms with Gasteiger partial charge < -0.3 is 15.0 Å². The molecule has 0 saturated carbocycles. The van der Waals surface area contributed by atoms with Gasteiger partial charge in [-0.15, -0.1) is 0 Å². The highest BCUT2D eigenvalue weighted by molar-refractivity contribution is 7.92. The van der Waals surface area contributed by atoms with E-state index in [1.54, 1.807) is 49.4 Å². The van der Waals surface area contributed by atoms with Gasteiger partial charge in [-0.2, -0.15) is 0 Å². The van der Waals surface area contributed by atoms with Crippen LogP contribution in [0.3, 0.4) is 0 Å². The number of methoxy groups -OCH3 is 1. The second-order valence-electron chi connectivity index (χ2n) is 9.74. The summed E-state index contributed by atoms with van der Waals surface area (Å²) in [5, 5.41) is 2.89. The molecule has 3 aromatic rings. The third-order valence-electron chi connectivity index (χ3n) is 6.71. The summed E-state index contributed by atoms with van der Waals surface area (Å²) in [6.45, 7) is 5.54. The van der Waals surface area contributed by atoms with Gasteiger partial charge in [-0.1, -0.05) is 56.2 Å². The highest BCUT2D eigenvalue weighted by Gasteiger charge is 2.33. The summed E-state index contributed by atoms with van der Waals surface area (Å²) in [5.74, 6) is -0.913. The fourth-order valence-electron chi connectivity index (χ4n) is 4.34. The van der Waals surface area contributed by atoms with Crippen LogP contribution >= 0.6 is 0 Å². The maximum Gasteiger partial charge on any atom is 0.264 e. The summed E-state index contributed by atoms with van der Waals surface area (Å²) in [7, 11) is -2.72. The molecular formula is C31H38FN3O5S. The Hall–Kier alpha value is -3.92. The predicted octanol–water partition coefficient (Wildman–Crippen LogP) is 5.06. The smallest absolute Gasteiger partial charge is 0.264 e. The number of amides is 2. The topological polar surface area (TPSA) is 96.0 Å². The first-order valence-corrected chi connectivity index (χ1v) is 15.1. The van der Waals surface area contributed by atoms with Crippen molar-refractivity contribution in [2.24, 2.45) is 0 Å². The number of unbranched alkanes of at least 4 members (excludes halogenated alkanes) is 1. The van der Waals surface area contributed by atoms with Gasteiger partial charge in [0, 0.05) is 19.2 Å². The van der Waals surface area contributed by atoms with Crippen molar-refractivity contribution in [1.82, 2.24) is 10.2 Å². The number of carbonyl (C=O) groups excluding carboxylic acids is 2. The van der Waals surface area contributed by atoms with E-state index in [0.29, 0.717) is 24.3 Å². The number of ether oxygens (including phenoxy) is 1. The minimum atomic E-state index is -4.19. The van der Waals surface area contributed by atoms with E-state index in [9.17, 15) is 22.4 Å². The standard InChI is InChI=1S/C31H38FN3O5S/c1-5-7-19-33-31(37)29(6-2)34(21-24-13-15-25(32)16-14-24)30(36)22-35(26-9-8-10-27(20-26)40-4)41(38,39)28-17-11-23(3)12-18-28/h8-18,20,29H,5-7,19,21-22H2,1-4H3,(H,33,37)/t29-/m0/s1. The first kappa shape index (κ1) is 31.6. The van der Waals surface area contributed by atoms with Crippen molar-refractivity contribution < 1.29 is 27.1 Å². The van der Waals surface area contributed by atoms with E-state index in [2.05, 4.69) is 5.32 Å². The van der Waals surface area contributed by atoms with Gasteiger partial charge in [-0.3, -0.25) is 13.9 Å². The van der Waals surface area contributed by atoms with Crippen LogP contribution in [0, 0.1) is 12.7 Å². The first-order chi connectivity index (χ1) is 19.6. The molecule has 0 bridgehead atoms. The van der Waals surface area contributed by atoms with Crippen LogP contribution in [0.4, 0.5) is 10.1 Å². The van der Waals surface area contributed by atoms with E-state index in [1.165, 1.54) is 42.3 Å². The molecule has 0 spiro atoms. The molecule has 1 N–H and O–H groups in total. The quantitative estimate of drug-likeness (QED) is 0.268. The maximum atomic E-state index is 14.1. The normalized spacial score (nSPS) is 11.9. The third-order valence-corrected chi connectivity index (χ3v) is 8.50. The summed E-state index contributed by atoms with van der Waals surface area (Å²) >= 11 is 0. The molecule has 2 amide bonds. The second-order valence-corrected chi connectivity index (χ2v) is 11.6. The molecule has 0 fully saturated rings. The Morgan fingerprint density at radius 3 is 2.29 bits per heavy atom. The lowest BCUT2D eigenvalue weighted by molar-refractivity contribution is -0.140. The number of aryl methyl sites for hydroxylation is 1. The van der Waals surface area contributed by atoms with Gasteiger partial charge in [0.05, 0.1) is 17.7 Å². The molecule has 8 nitrogen and oxygen atoms in total. The van der Waals surface area contributed by atoms with E-state index in [0.717, 1.165) is 22.7 Å². The van der Waals surface area contributed by atoms with Crippen LogP contribution in [0.15, 0.2) is 77.7 Å². The molecule has 0 aromatic heterocycles. The largest absolute Gasteiger partial charge is 0.497 e. The molecule has 0 heterocycles. The van der Waals surface area contributed by atoms with Crippen LogP contribution in [0.2, 0.25) is 0 Å². The molecule has 0 unspecified atom stereocenters. The lowest BCUT2D eigenvalue weighted by Crippen LogP contribution is -2.52. The minimum absolute atomic E-state index is 0.00462. The van der Waals surface area contributed by atoms with E-state index in [1.807, 2.05) is 13.8 Å². The van der Waals surface area contributed by atoms with Crippen molar-refractivity contribution in [2.45, 2.75) is 57.5 Å². The number of hydrogen-bond acceptors (Lipinski definition) is 5. The Labute approximate surface area is 242 Å². The molecule has 1 atom stereocenters. The molecule has 3 rings (SSSR count). The first-order valence-electron chi connectivity index (χ1n) is 13.7. The van der Waals surface area contributed by atoms with E-state index in [-0.39, 0.29) is 23.0 Å². The second kappa shape index (κ2) is 14.6. The van der Waals surface area contributed by atoms with E-state index in [4.69, 9.17) is 4.74 Å². The Morgan fingerprint density at radius 1 is 1.00 bits per heavy atom. The van der Waals surface area contributed by atoms with Gasteiger partial charge in [0.2, 0.25) is 11.8 Å². The number of halogens is 1. The molecule has 41 heavy (non-hydrogen) atoms. The van der Waals surface area contributed by atoms with Gasteiger partial charge in [0.15, 0.2) is 0 Å². The van der Waals surface area contributed by atoms with Crippen LogP contribution in [-0.4, -0.2) is 51.4 Å². The number of benzene rings is 3. The fourth-order valence-corrected chi connectivity index (χ4v) is 5.75. The molecule has 3 aromatic carbocycles. The summed E-state index contributed by atoms with van der Waals surface area (Å²) in [6.07, 6.45) is 1.98. The Balaban J connectivity index is 2.05. The third kappa shape index (κ3) is 8.29. The number of sulfonamides is 1. The lowest BCUT2D eigenvalue weighted by Gasteiger charge is -2.33. The predicted molar refractivity (Wildman–Crippen MR) is 158 cm³/mol.